The second-order valence-corrected chi connectivity index (χ2v) is 6.88. The van der Waals surface area contributed by atoms with Crippen molar-refractivity contribution in [3.63, 3.8) is 0 Å². The number of esters is 1. The van der Waals surface area contributed by atoms with Gasteiger partial charge in [0, 0.05) is 30.4 Å². The molecule has 0 saturated carbocycles. The quantitative estimate of drug-likeness (QED) is 0.291. The van der Waals surface area contributed by atoms with Crippen LogP contribution in [-0.4, -0.2) is 42.3 Å². The van der Waals surface area contributed by atoms with E-state index >= 15 is 0 Å². The van der Waals surface area contributed by atoms with Crippen LogP contribution in [0, 0.1) is 5.95 Å². The molecular formula is C20H14BrFN6O3. The molecule has 156 valence electrons. The molecule has 0 radical (unpaired) electrons. The molecule has 0 unspecified atom stereocenters. The number of rotatable bonds is 7. The highest BCUT2D eigenvalue weighted by molar-refractivity contribution is 9.10. The Labute approximate surface area is 184 Å². The van der Waals surface area contributed by atoms with Crippen LogP contribution in [0.5, 0.6) is 5.88 Å². The summed E-state index contributed by atoms with van der Waals surface area (Å²) in [5, 5.41) is 4.37. The summed E-state index contributed by atoms with van der Waals surface area (Å²) in [5.41, 5.74) is 1.68. The summed E-state index contributed by atoms with van der Waals surface area (Å²) in [6.45, 7) is -0.339. The van der Waals surface area contributed by atoms with E-state index in [0.717, 1.165) is 0 Å². The number of ether oxygens (including phenoxy) is 2. The minimum atomic E-state index is -0.613. The Morgan fingerprint density at radius 1 is 1.06 bits per heavy atom. The van der Waals surface area contributed by atoms with Gasteiger partial charge in [0.1, 0.15) is 11.1 Å². The van der Waals surface area contributed by atoms with Gasteiger partial charge >= 0.3 is 5.97 Å². The van der Waals surface area contributed by atoms with Crippen molar-refractivity contribution in [3.8, 4) is 23.0 Å². The van der Waals surface area contributed by atoms with Crippen LogP contribution in [0.25, 0.3) is 17.1 Å². The Morgan fingerprint density at radius 3 is 2.68 bits per heavy atom. The Balaban J connectivity index is 1.55. The monoisotopic (exact) mass is 484 g/mol. The molecule has 31 heavy (non-hydrogen) atoms. The molecule has 4 rings (SSSR count). The van der Waals surface area contributed by atoms with Gasteiger partial charge in [0.2, 0.25) is 11.8 Å². The fraction of sp³-hybridized carbons (Fsp3) is 0.100. The molecule has 4 aromatic rings. The van der Waals surface area contributed by atoms with Crippen molar-refractivity contribution in [2.24, 2.45) is 0 Å². The molecule has 0 aromatic carbocycles. The number of hydrogen-bond acceptors (Lipinski definition) is 8. The zero-order valence-electron chi connectivity index (χ0n) is 15.9. The molecule has 4 aromatic heterocycles. The Morgan fingerprint density at radius 2 is 1.97 bits per heavy atom. The van der Waals surface area contributed by atoms with E-state index in [1.165, 1.54) is 35.5 Å². The van der Waals surface area contributed by atoms with Crippen molar-refractivity contribution in [1.82, 2.24) is 29.7 Å². The zero-order valence-corrected chi connectivity index (χ0v) is 17.4. The summed E-state index contributed by atoms with van der Waals surface area (Å²) in [6.07, 6.45) is 7.50. The summed E-state index contributed by atoms with van der Waals surface area (Å²) in [5.74, 6) is -0.677. The van der Waals surface area contributed by atoms with Crippen LogP contribution in [0.2, 0.25) is 0 Å². The van der Waals surface area contributed by atoms with E-state index in [0.29, 0.717) is 27.2 Å². The SMILES string of the molecule is O=C(COc1nn(-c2cnccn2)c(-c2ccc(F)nc2)c1Br)OCc1ccccn1. The molecule has 0 aliphatic rings. The van der Waals surface area contributed by atoms with E-state index in [4.69, 9.17) is 9.47 Å². The van der Waals surface area contributed by atoms with E-state index in [9.17, 15) is 9.18 Å². The van der Waals surface area contributed by atoms with Gasteiger partial charge < -0.3 is 9.47 Å². The first-order chi connectivity index (χ1) is 15.1. The lowest BCUT2D eigenvalue weighted by molar-refractivity contribution is -0.147. The molecule has 0 aliphatic carbocycles. The van der Waals surface area contributed by atoms with Gasteiger partial charge in [0.05, 0.1) is 17.6 Å². The summed E-state index contributed by atoms with van der Waals surface area (Å²) < 4.78 is 25.9. The van der Waals surface area contributed by atoms with Gasteiger partial charge in [-0.1, -0.05) is 6.07 Å². The van der Waals surface area contributed by atoms with Crippen molar-refractivity contribution in [2.45, 2.75) is 6.61 Å². The molecule has 0 saturated heterocycles. The van der Waals surface area contributed by atoms with Crippen LogP contribution >= 0.6 is 15.9 Å². The third-order valence-electron chi connectivity index (χ3n) is 4.00. The van der Waals surface area contributed by atoms with Gasteiger partial charge in [0.25, 0.3) is 0 Å². The zero-order chi connectivity index (χ0) is 21.6. The molecule has 0 spiro atoms. The van der Waals surface area contributed by atoms with Gasteiger partial charge in [0.15, 0.2) is 12.4 Å². The largest absolute Gasteiger partial charge is 0.464 e. The van der Waals surface area contributed by atoms with Gasteiger partial charge in [-0.05, 0) is 40.2 Å². The first-order valence-electron chi connectivity index (χ1n) is 8.97. The predicted molar refractivity (Wildman–Crippen MR) is 110 cm³/mol. The summed E-state index contributed by atoms with van der Waals surface area (Å²) in [6, 6.07) is 8.09. The molecule has 0 fully saturated rings. The second kappa shape index (κ2) is 9.39. The summed E-state index contributed by atoms with van der Waals surface area (Å²) >= 11 is 3.44. The molecule has 0 aliphatic heterocycles. The molecular weight excluding hydrogens is 471 g/mol. The second-order valence-electron chi connectivity index (χ2n) is 6.08. The van der Waals surface area contributed by atoms with Crippen molar-refractivity contribution in [1.29, 1.82) is 0 Å². The Kier molecular flexibility index (Phi) is 6.22. The maximum atomic E-state index is 13.3. The van der Waals surface area contributed by atoms with Crippen LogP contribution in [0.15, 0.2) is 65.8 Å². The van der Waals surface area contributed by atoms with E-state index in [1.54, 1.807) is 30.5 Å². The number of pyridine rings is 2. The van der Waals surface area contributed by atoms with E-state index in [-0.39, 0.29) is 19.1 Å². The number of halogens is 2. The van der Waals surface area contributed by atoms with E-state index in [2.05, 4.69) is 41.0 Å². The van der Waals surface area contributed by atoms with Crippen molar-refractivity contribution in [2.75, 3.05) is 6.61 Å². The lowest BCUT2D eigenvalue weighted by Crippen LogP contribution is -2.15. The molecule has 11 heteroatoms. The standard InChI is InChI=1S/C20H14BrFN6O3/c21-18-19(13-4-5-15(22)26-9-13)28(16-10-23-7-8-25-16)27-20(18)31-12-17(29)30-11-14-3-1-2-6-24-14/h1-10H,11-12H2. The first-order valence-corrected chi connectivity index (χ1v) is 9.76. The molecule has 4 heterocycles. The van der Waals surface area contributed by atoms with Crippen molar-refractivity contribution < 1.29 is 18.7 Å². The number of aromatic nitrogens is 6. The minimum absolute atomic E-state index is 0.0325. The van der Waals surface area contributed by atoms with Gasteiger partial charge in [-0.3, -0.25) is 9.97 Å². The van der Waals surface area contributed by atoms with Gasteiger partial charge in [-0.2, -0.15) is 4.39 Å². The third-order valence-corrected chi connectivity index (χ3v) is 4.71. The van der Waals surface area contributed by atoms with Crippen LogP contribution in [0.1, 0.15) is 5.69 Å². The summed E-state index contributed by atoms with van der Waals surface area (Å²) in [4.78, 5) is 28.1. The van der Waals surface area contributed by atoms with Crippen molar-refractivity contribution >= 4 is 21.9 Å². The maximum Gasteiger partial charge on any atom is 0.344 e. The number of carbonyl (C=O) groups is 1. The topological polar surface area (TPSA) is 105 Å². The third kappa shape index (κ3) is 4.89. The highest BCUT2D eigenvalue weighted by Crippen LogP contribution is 2.36. The summed E-state index contributed by atoms with van der Waals surface area (Å²) in [7, 11) is 0. The molecule has 0 bridgehead atoms. The molecule has 9 nitrogen and oxygen atoms in total. The minimum Gasteiger partial charge on any atom is -0.464 e. The Bertz CT molecular complexity index is 1170. The average molecular weight is 485 g/mol. The van der Waals surface area contributed by atoms with E-state index in [1.807, 2.05) is 0 Å². The number of nitrogens with zero attached hydrogens (tertiary/aromatic N) is 6. The Hall–Kier alpha value is -3.73. The van der Waals surface area contributed by atoms with Crippen molar-refractivity contribution in [3.05, 3.63) is 77.4 Å². The maximum absolute atomic E-state index is 13.3. The molecule has 0 N–H and O–H groups in total. The first kappa shape index (κ1) is 20.5. The smallest absolute Gasteiger partial charge is 0.344 e. The van der Waals surface area contributed by atoms with Crippen LogP contribution in [0.3, 0.4) is 0 Å². The predicted octanol–water partition coefficient (Wildman–Crippen LogP) is 3.14. The normalized spacial score (nSPS) is 10.6. The lowest BCUT2D eigenvalue weighted by atomic mass is 10.2. The van der Waals surface area contributed by atoms with Crippen LogP contribution < -0.4 is 4.74 Å². The van der Waals surface area contributed by atoms with Crippen LogP contribution in [-0.2, 0) is 16.1 Å². The molecule has 0 amide bonds. The van der Waals surface area contributed by atoms with Gasteiger partial charge in [-0.25, -0.2) is 19.4 Å². The van der Waals surface area contributed by atoms with Gasteiger partial charge in [-0.15, -0.1) is 5.10 Å². The highest BCUT2D eigenvalue weighted by Gasteiger charge is 2.22. The average Bonchev–Trinajstić information content (AvgIpc) is 3.14. The van der Waals surface area contributed by atoms with E-state index < -0.39 is 11.9 Å². The van der Waals surface area contributed by atoms with Crippen LogP contribution in [0.4, 0.5) is 4.39 Å². The number of carbonyl (C=O) groups excluding carboxylic acids is 1. The highest BCUT2D eigenvalue weighted by atomic mass is 79.9. The lowest BCUT2D eigenvalue weighted by Gasteiger charge is -2.06. The fourth-order valence-electron chi connectivity index (χ4n) is 2.61. The number of hydrogen-bond donors (Lipinski definition) is 0. The molecule has 0 atom stereocenters. The fourth-order valence-corrected chi connectivity index (χ4v) is 3.20.